The van der Waals surface area contributed by atoms with Crippen molar-refractivity contribution in [2.24, 2.45) is 0 Å². The smallest absolute Gasteiger partial charge is 0.126 e. The molecule has 0 bridgehead atoms. The largest absolute Gasteiger partial charge is 0.378 e. The Morgan fingerprint density at radius 2 is 2.00 bits per heavy atom. The van der Waals surface area contributed by atoms with E-state index < -0.39 is 0 Å². The molecule has 0 amide bonds. The molecular weight excluding hydrogens is 226 g/mol. The van der Waals surface area contributed by atoms with Crippen LogP contribution in [0.25, 0.3) is 10.9 Å². The van der Waals surface area contributed by atoms with E-state index >= 15 is 0 Å². The van der Waals surface area contributed by atoms with E-state index in [0.717, 1.165) is 37.6 Å². The third kappa shape index (κ3) is 2.11. The van der Waals surface area contributed by atoms with Gasteiger partial charge in [0.25, 0.3) is 0 Å². The van der Waals surface area contributed by atoms with Gasteiger partial charge >= 0.3 is 0 Å². The average molecular weight is 243 g/mol. The minimum absolute atomic E-state index is 0.814. The van der Waals surface area contributed by atoms with E-state index in [9.17, 15) is 0 Å². The normalized spacial score (nSPS) is 15.9. The van der Waals surface area contributed by atoms with Gasteiger partial charge in [-0.05, 0) is 30.3 Å². The van der Waals surface area contributed by atoms with Gasteiger partial charge in [0, 0.05) is 31.2 Å². The number of hydrogen-bond acceptors (Lipinski definition) is 4. The molecule has 94 valence electrons. The topological polar surface area (TPSA) is 37.4 Å². The van der Waals surface area contributed by atoms with Crippen LogP contribution in [0, 0.1) is 0 Å². The van der Waals surface area contributed by atoms with Gasteiger partial charge in [-0.25, -0.2) is 4.98 Å². The minimum atomic E-state index is 0.814. The maximum Gasteiger partial charge on any atom is 0.126 e. The van der Waals surface area contributed by atoms with Gasteiger partial charge in [-0.1, -0.05) is 0 Å². The molecule has 2 heterocycles. The van der Waals surface area contributed by atoms with Gasteiger partial charge in [0.15, 0.2) is 0 Å². The summed E-state index contributed by atoms with van der Waals surface area (Å²) in [5.41, 5.74) is 2.28. The zero-order valence-corrected chi connectivity index (χ0v) is 10.5. The molecule has 1 aliphatic heterocycles. The zero-order valence-electron chi connectivity index (χ0n) is 10.5. The number of rotatable bonds is 2. The molecule has 0 spiro atoms. The van der Waals surface area contributed by atoms with Crippen molar-refractivity contribution in [3.63, 3.8) is 0 Å². The highest BCUT2D eigenvalue weighted by Crippen LogP contribution is 2.23. The van der Waals surface area contributed by atoms with E-state index in [0.29, 0.717) is 0 Å². The number of morpholine rings is 1. The third-order valence-electron chi connectivity index (χ3n) is 3.31. The van der Waals surface area contributed by atoms with Crippen LogP contribution in [-0.4, -0.2) is 38.3 Å². The predicted molar refractivity (Wildman–Crippen MR) is 74.3 cm³/mol. The highest BCUT2D eigenvalue weighted by molar-refractivity contribution is 5.84. The van der Waals surface area contributed by atoms with Gasteiger partial charge in [0.2, 0.25) is 0 Å². The van der Waals surface area contributed by atoms with Gasteiger partial charge in [-0.2, -0.15) is 0 Å². The third-order valence-corrected chi connectivity index (χ3v) is 3.31. The molecule has 1 aromatic heterocycles. The summed E-state index contributed by atoms with van der Waals surface area (Å²) in [5, 5.41) is 4.24. The van der Waals surface area contributed by atoms with E-state index in [-0.39, 0.29) is 0 Å². The molecule has 0 aliphatic carbocycles. The lowest BCUT2D eigenvalue weighted by atomic mass is 10.1. The molecule has 4 nitrogen and oxygen atoms in total. The molecule has 4 heteroatoms. The second kappa shape index (κ2) is 4.82. The number of nitrogens with zero attached hydrogens (tertiary/aromatic N) is 2. The molecular formula is C14H17N3O. The van der Waals surface area contributed by atoms with Crippen LogP contribution in [0.1, 0.15) is 0 Å². The Kier molecular flexibility index (Phi) is 3.02. The van der Waals surface area contributed by atoms with Crippen molar-refractivity contribution in [3.8, 4) is 0 Å². The molecule has 1 aliphatic rings. The fourth-order valence-electron chi connectivity index (χ4n) is 2.27. The Hall–Kier alpha value is -1.81. The van der Waals surface area contributed by atoms with Gasteiger partial charge in [-0.3, -0.25) is 0 Å². The van der Waals surface area contributed by atoms with Crippen LogP contribution in [0.4, 0.5) is 11.5 Å². The Labute approximate surface area is 107 Å². The second-order valence-electron chi connectivity index (χ2n) is 4.42. The standard InChI is InChI=1S/C14H17N3O/c1-15-14-5-2-11-10-12(3-4-13(11)16-14)17-6-8-18-9-7-17/h2-5,10H,6-9H2,1H3,(H,15,16). The van der Waals surface area contributed by atoms with Crippen molar-refractivity contribution in [2.75, 3.05) is 43.6 Å². The summed E-state index contributed by atoms with van der Waals surface area (Å²) < 4.78 is 5.38. The maximum atomic E-state index is 5.38. The Bertz CT molecular complexity index is 550. The molecule has 3 rings (SSSR count). The summed E-state index contributed by atoms with van der Waals surface area (Å²) in [6.07, 6.45) is 0. The van der Waals surface area contributed by atoms with Gasteiger partial charge in [0.05, 0.1) is 18.7 Å². The van der Waals surface area contributed by atoms with E-state index in [1.807, 2.05) is 13.1 Å². The summed E-state index contributed by atoms with van der Waals surface area (Å²) >= 11 is 0. The monoisotopic (exact) mass is 243 g/mol. The van der Waals surface area contributed by atoms with Crippen LogP contribution in [0.2, 0.25) is 0 Å². The van der Waals surface area contributed by atoms with Crippen LogP contribution >= 0.6 is 0 Å². The molecule has 2 aromatic rings. The van der Waals surface area contributed by atoms with E-state index in [2.05, 4.69) is 39.5 Å². The summed E-state index contributed by atoms with van der Waals surface area (Å²) in [4.78, 5) is 6.88. The first-order chi connectivity index (χ1) is 8.86. The first kappa shape index (κ1) is 11.3. The molecule has 0 saturated carbocycles. The van der Waals surface area contributed by atoms with Gasteiger partial charge < -0.3 is 15.0 Å². The Morgan fingerprint density at radius 3 is 2.78 bits per heavy atom. The highest BCUT2D eigenvalue weighted by Gasteiger charge is 2.11. The maximum absolute atomic E-state index is 5.38. The predicted octanol–water partition coefficient (Wildman–Crippen LogP) is 2.11. The molecule has 1 saturated heterocycles. The van der Waals surface area contributed by atoms with Crippen LogP contribution in [0.3, 0.4) is 0 Å². The highest BCUT2D eigenvalue weighted by atomic mass is 16.5. The average Bonchev–Trinajstić information content (AvgIpc) is 2.47. The number of aromatic nitrogens is 1. The number of benzene rings is 1. The first-order valence-corrected chi connectivity index (χ1v) is 6.28. The lowest BCUT2D eigenvalue weighted by Gasteiger charge is -2.29. The number of ether oxygens (including phenoxy) is 1. The van der Waals surface area contributed by atoms with E-state index in [1.54, 1.807) is 0 Å². The van der Waals surface area contributed by atoms with Crippen molar-refractivity contribution in [1.29, 1.82) is 0 Å². The molecule has 0 unspecified atom stereocenters. The summed E-state index contributed by atoms with van der Waals surface area (Å²) in [6.45, 7) is 3.56. The molecule has 0 radical (unpaired) electrons. The fraction of sp³-hybridized carbons (Fsp3) is 0.357. The van der Waals surface area contributed by atoms with Crippen LogP contribution in [-0.2, 0) is 4.74 Å². The van der Waals surface area contributed by atoms with Crippen LogP contribution < -0.4 is 10.2 Å². The van der Waals surface area contributed by atoms with Gasteiger partial charge in [0.1, 0.15) is 5.82 Å². The summed E-state index contributed by atoms with van der Waals surface area (Å²) in [5.74, 6) is 0.904. The van der Waals surface area contributed by atoms with Crippen molar-refractivity contribution in [2.45, 2.75) is 0 Å². The quantitative estimate of drug-likeness (QED) is 0.876. The number of fused-ring (bicyclic) bond motifs is 1. The van der Waals surface area contributed by atoms with E-state index in [4.69, 9.17) is 4.74 Å². The summed E-state index contributed by atoms with van der Waals surface area (Å²) in [7, 11) is 1.89. The first-order valence-electron chi connectivity index (χ1n) is 6.28. The number of pyridine rings is 1. The Balaban J connectivity index is 1.95. The molecule has 18 heavy (non-hydrogen) atoms. The van der Waals surface area contributed by atoms with E-state index in [1.165, 1.54) is 11.1 Å². The van der Waals surface area contributed by atoms with Crippen LogP contribution in [0.15, 0.2) is 30.3 Å². The number of anilines is 2. The SMILES string of the molecule is CNc1ccc2cc(N3CCOCC3)ccc2n1. The van der Waals surface area contributed by atoms with Crippen molar-refractivity contribution < 1.29 is 4.74 Å². The van der Waals surface area contributed by atoms with Gasteiger partial charge in [-0.15, -0.1) is 0 Å². The molecule has 1 N–H and O–H groups in total. The van der Waals surface area contributed by atoms with Crippen molar-refractivity contribution >= 4 is 22.4 Å². The zero-order chi connectivity index (χ0) is 12.4. The molecule has 1 aromatic carbocycles. The van der Waals surface area contributed by atoms with Crippen molar-refractivity contribution in [1.82, 2.24) is 4.98 Å². The number of nitrogens with one attached hydrogen (secondary N) is 1. The second-order valence-corrected chi connectivity index (χ2v) is 4.42. The fourth-order valence-corrected chi connectivity index (χ4v) is 2.27. The molecule has 1 fully saturated rings. The summed E-state index contributed by atoms with van der Waals surface area (Å²) in [6, 6.07) is 10.5. The van der Waals surface area contributed by atoms with Crippen LogP contribution in [0.5, 0.6) is 0 Å². The lowest BCUT2D eigenvalue weighted by Crippen LogP contribution is -2.36. The van der Waals surface area contributed by atoms with Crippen molar-refractivity contribution in [3.05, 3.63) is 30.3 Å². The Morgan fingerprint density at radius 1 is 1.17 bits per heavy atom. The minimum Gasteiger partial charge on any atom is -0.378 e. The number of hydrogen-bond donors (Lipinski definition) is 1. The molecule has 0 atom stereocenters. The lowest BCUT2D eigenvalue weighted by molar-refractivity contribution is 0.122.